The van der Waals surface area contributed by atoms with E-state index >= 15 is 0 Å². The molecule has 1 aliphatic rings. The Morgan fingerprint density at radius 1 is 1.06 bits per heavy atom. The van der Waals surface area contributed by atoms with Gasteiger partial charge in [0.05, 0.1) is 10.1 Å². The minimum Gasteiger partial charge on any atom is -0.449 e. The summed E-state index contributed by atoms with van der Waals surface area (Å²) in [7, 11) is -3.56. The SMILES string of the molecule is O=C(O)Oc1ccc2c(c1)C(SCCNS(=O)(=O)c1ccccc1)c1ccccc1CS2. The van der Waals surface area contributed by atoms with Crippen molar-refractivity contribution in [3.8, 4) is 5.75 Å². The Labute approximate surface area is 195 Å². The van der Waals surface area contributed by atoms with Gasteiger partial charge in [-0.2, -0.15) is 0 Å². The highest BCUT2D eigenvalue weighted by Crippen LogP contribution is 2.47. The van der Waals surface area contributed by atoms with Crippen LogP contribution in [-0.2, 0) is 15.8 Å². The second-order valence-corrected chi connectivity index (χ2v) is 11.0. The van der Waals surface area contributed by atoms with Gasteiger partial charge in [0.25, 0.3) is 0 Å². The van der Waals surface area contributed by atoms with E-state index in [0.29, 0.717) is 5.75 Å². The third-order valence-corrected chi connectivity index (χ3v) is 8.82. The van der Waals surface area contributed by atoms with E-state index in [1.807, 2.05) is 18.2 Å². The van der Waals surface area contributed by atoms with Crippen LogP contribution in [-0.4, -0.2) is 32.0 Å². The van der Waals surface area contributed by atoms with Gasteiger partial charge < -0.3 is 9.84 Å². The van der Waals surface area contributed by atoms with Crippen LogP contribution in [0.3, 0.4) is 0 Å². The summed E-state index contributed by atoms with van der Waals surface area (Å²) in [6.45, 7) is 0.272. The lowest BCUT2D eigenvalue weighted by Gasteiger charge is -2.20. The number of nitrogens with one attached hydrogen (secondary N) is 1. The van der Waals surface area contributed by atoms with Crippen LogP contribution < -0.4 is 9.46 Å². The van der Waals surface area contributed by atoms with Crippen molar-refractivity contribution in [3.05, 3.63) is 89.5 Å². The molecule has 1 aliphatic heterocycles. The average molecular weight is 488 g/mol. The fourth-order valence-corrected chi connectivity index (χ4v) is 7.06. The van der Waals surface area contributed by atoms with E-state index in [9.17, 15) is 13.2 Å². The first kappa shape index (κ1) is 22.7. The van der Waals surface area contributed by atoms with E-state index in [0.717, 1.165) is 21.8 Å². The number of rotatable bonds is 7. The molecule has 0 fully saturated rings. The molecule has 4 rings (SSSR count). The maximum Gasteiger partial charge on any atom is 0.511 e. The predicted octanol–water partition coefficient (Wildman–Crippen LogP) is 5.15. The number of carboxylic acid groups (broad SMARTS) is 1. The Kier molecular flexibility index (Phi) is 7.10. The Bertz CT molecular complexity index is 1220. The zero-order valence-corrected chi connectivity index (χ0v) is 19.4. The first-order chi connectivity index (χ1) is 15.4. The second kappa shape index (κ2) is 9.99. The summed E-state index contributed by atoms with van der Waals surface area (Å²) in [6.07, 6.45) is -1.36. The summed E-state index contributed by atoms with van der Waals surface area (Å²) in [5.74, 6) is 1.62. The van der Waals surface area contributed by atoms with Gasteiger partial charge in [-0.05, 0) is 47.0 Å². The number of ether oxygens (including phenoxy) is 1. The summed E-state index contributed by atoms with van der Waals surface area (Å²) in [6, 6.07) is 21.7. The van der Waals surface area contributed by atoms with E-state index in [1.165, 1.54) is 5.56 Å². The molecule has 9 heteroatoms. The maximum absolute atomic E-state index is 12.5. The quantitative estimate of drug-likeness (QED) is 0.270. The van der Waals surface area contributed by atoms with Crippen molar-refractivity contribution in [1.29, 1.82) is 0 Å². The Morgan fingerprint density at radius 3 is 2.59 bits per heavy atom. The van der Waals surface area contributed by atoms with Crippen LogP contribution in [0.15, 0.2) is 82.6 Å². The van der Waals surface area contributed by atoms with Gasteiger partial charge in [-0.25, -0.2) is 17.9 Å². The molecule has 0 amide bonds. The van der Waals surface area contributed by atoms with Crippen molar-refractivity contribution in [2.75, 3.05) is 12.3 Å². The number of fused-ring (bicyclic) bond motifs is 2. The minimum atomic E-state index is -3.56. The van der Waals surface area contributed by atoms with Gasteiger partial charge in [0.2, 0.25) is 10.0 Å². The lowest BCUT2D eigenvalue weighted by molar-refractivity contribution is 0.144. The summed E-state index contributed by atoms with van der Waals surface area (Å²) in [5.41, 5.74) is 3.31. The highest BCUT2D eigenvalue weighted by molar-refractivity contribution is 8.00. The molecular weight excluding hydrogens is 466 g/mol. The van der Waals surface area contributed by atoms with Crippen molar-refractivity contribution in [2.24, 2.45) is 0 Å². The Hall–Kier alpha value is -2.46. The largest absolute Gasteiger partial charge is 0.511 e. The molecule has 0 aromatic heterocycles. The molecule has 6 nitrogen and oxygen atoms in total. The molecular formula is C23H21NO5S3. The molecule has 0 spiro atoms. The van der Waals surface area contributed by atoms with Crippen molar-refractivity contribution in [3.63, 3.8) is 0 Å². The van der Waals surface area contributed by atoms with Crippen LogP contribution in [0.5, 0.6) is 5.75 Å². The number of hydrogen-bond donors (Lipinski definition) is 2. The molecule has 1 atom stereocenters. The molecule has 0 radical (unpaired) electrons. The van der Waals surface area contributed by atoms with Crippen LogP contribution >= 0.6 is 23.5 Å². The number of sulfonamides is 1. The molecule has 3 aromatic carbocycles. The topological polar surface area (TPSA) is 92.7 Å². The molecule has 0 saturated heterocycles. The molecule has 3 aromatic rings. The predicted molar refractivity (Wildman–Crippen MR) is 127 cm³/mol. The van der Waals surface area contributed by atoms with Crippen LogP contribution in [0, 0.1) is 0 Å². The normalized spacial score (nSPS) is 15.3. The number of thioether (sulfide) groups is 2. The van der Waals surface area contributed by atoms with E-state index in [-0.39, 0.29) is 22.4 Å². The lowest BCUT2D eigenvalue weighted by Crippen LogP contribution is -2.26. The van der Waals surface area contributed by atoms with E-state index in [4.69, 9.17) is 9.84 Å². The van der Waals surface area contributed by atoms with Gasteiger partial charge in [0, 0.05) is 22.9 Å². The first-order valence-electron chi connectivity index (χ1n) is 9.86. The highest BCUT2D eigenvalue weighted by atomic mass is 32.2. The van der Waals surface area contributed by atoms with Gasteiger partial charge in [-0.3, -0.25) is 0 Å². The van der Waals surface area contributed by atoms with Crippen LogP contribution in [0.4, 0.5) is 4.79 Å². The molecule has 2 N–H and O–H groups in total. The van der Waals surface area contributed by atoms with Crippen LogP contribution in [0.2, 0.25) is 0 Å². The highest BCUT2D eigenvalue weighted by Gasteiger charge is 2.25. The van der Waals surface area contributed by atoms with Gasteiger partial charge in [0.1, 0.15) is 5.75 Å². The van der Waals surface area contributed by atoms with E-state index in [1.54, 1.807) is 66.0 Å². The first-order valence-corrected chi connectivity index (χ1v) is 13.4. The molecule has 32 heavy (non-hydrogen) atoms. The number of benzene rings is 3. The third-order valence-electron chi connectivity index (χ3n) is 4.92. The zero-order valence-electron chi connectivity index (χ0n) is 16.9. The summed E-state index contributed by atoms with van der Waals surface area (Å²) in [5, 5.41) is 8.92. The monoisotopic (exact) mass is 487 g/mol. The number of carbonyl (C=O) groups is 1. The molecule has 166 valence electrons. The zero-order chi connectivity index (χ0) is 22.6. The summed E-state index contributed by atoms with van der Waals surface area (Å²) < 4.78 is 32.5. The molecule has 0 aliphatic carbocycles. The van der Waals surface area contributed by atoms with Gasteiger partial charge in [-0.15, -0.1) is 23.5 Å². The van der Waals surface area contributed by atoms with Crippen molar-refractivity contribution >= 4 is 39.7 Å². The fourth-order valence-electron chi connectivity index (χ4n) is 3.49. The smallest absolute Gasteiger partial charge is 0.449 e. The Balaban J connectivity index is 1.55. The van der Waals surface area contributed by atoms with Crippen LogP contribution in [0.1, 0.15) is 21.9 Å². The van der Waals surface area contributed by atoms with E-state index < -0.39 is 16.2 Å². The molecule has 1 heterocycles. The number of hydrogen-bond acceptors (Lipinski definition) is 6. The standard InChI is InChI=1S/C23H21NO5S3/c25-23(26)29-17-10-11-21-20(14-17)22(19-9-5-4-6-16(19)15-31-21)30-13-12-24-32(27,28)18-7-2-1-3-8-18/h1-11,14,22,24H,12-13,15H2,(H,25,26). The molecule has 1 unspecified atom stereocenters. The summed E-state index contributed by atoms with van der Waals surface area (Å²) in [4.78, 5) is 12.3. The molecule has 0 bridgehead atoms. The van der Waals surface area contributed by atoms with Crippen molar-refractivity contribution in [2.45, 2.75) is 20.8 Å². The summed E-state index contributed by atoms with van der Waals surface area (Å²) >= 11 is 3.31. The maximum atomic E-state index is 12.5. The average Bonchev–Trinajstić information content (AvgIpc) is 2.94. The fraction of sp³-hybridized carbons (Fsp3) is 0.174. The van der Waals surface area contributed by atoms with Crippen molar-refractivity contribution in [1.82, 2.24) is 4.72 Å². The van der Waals surface area contributed by atoms with Gasteiger partial charge in [-0.1, -0.05) is 42.5 Å². The third kappa shape index (κ3) is 5.29. The minimum absolute atomic E-state index is 0.0743. The van der Waals surface area contributed by atoms with E-state index in [2.05, 4.69) is 16.9 Å². The second-order valence-electron chi connectivity index (χ2n) is 7.02. The van der Waals surface area contributed by atoms with Crippen LogP contribution in [0.25, 0.3) is 0 Å². The Morgan fingerprint density at radius 2 is 1.81 bits per heavy atom. The van der Waals surface area contributed by atoms with Crippen molar-refractivity contribution < 1.29 is 23.1 Å². The van der Waals surface area contributed by atoms with Gasteiger partial charge >= 0.3 is 6.16 Å². The molecule has 0 saturated carbocycles. The lowest BCUT2D eigenvalue weighted by atomic mass is 10.00. The van der Waals surface area contributed by atoms with Gasteiger partial charge in [0.15, 0.2) is 0 Å².